The lowest BCUT2D eigenvalue weighted by atomic mass is 10.1. The molecule has 0 fully saturated rings. The molecule has 0 spiro atoms. The van der Waals surface area contributed by atoms with Crippen molar-refractivity contribution in [3.05, 3.63) is 111 Å². The van der Waals surface area contributed by atoms with E-state index in [1.54, 1.807) is 6.07 Å². The molecule has 0 aliphatic rings. The van der Waals surface area contributed by atoms with Crippen molar-refractivity contribution < 1.29 is 23.6 Å². The van der Waals surface area contributed by atoms with Crippen LogP contribution in [0.15, 0.2) is 71.1 Å². The Hall–Kier alpha value is -4.59. The number of carbonyl (C=O) groups is 1. The second-order valence-corrected chi connectivity index (χ2v) is 8.57. The first-order chi connectivity index (χ1) is 17.2. The number of aryl methyl sites for hydroxylation is 4. The fraction of sp³-hybridized carbons (Fsp3) is 0.179. The van der Waals surface area contributed by atoms with Crippen LogP contribution in [0.25, 0.3) is 0 Å². The number of non-ortho nitro benzene ring substituents is 1. The number of carbonyl (C=O) groups excluding carboxylic acids is 1. The van der Waals surface area contributed by atoms with Crippen LogP contribution in [-0.4, -0.2) is 10.8 Å². The van der Waals surface area contributed by atoms with Crippen molar-refractivity contribution in [3.63, 3.8) is 0 Å². The zero-order valence-corrected chi connectivity index (χ0v) is 20.5. The highest BCUT2D eigenvalue weighted by Gasteiger charge is 2.17. The van der Waals surface area contributed by atoms with Gasteiger partial charge in [0, 0.05) is 12.1 Å². The Morgan fingerprint density at radius 1 is 0.944 bits per heavy atom. The highest BCUT2D eigenvalue weighted by atomic mass is 16.6. The van der Waals surface area contributed by atoms with Crippen LogP contribution in [0.5, 0.6) is 17.2 Å². The average molecular weight is 487 g/mol. The summed E-state index contributed by atoms with van der Waals surface area (Å²) in [6, 6.07) is 18.9. The van der Waals surface area contributed by atoms with Gasteiger partial charge in [-0.15, -0.1) is 0 Å². The Labute approximate surface area is 208 Å². The van der Waals surface area contributed by atoms with Crippen LogP contribution in [0.4, 0.5) is 11.4 Å². The van der Waals surface area contributed by atoms with E-state index in [-0.39, 0.29) is 29.5 Å². The molecular formula is C28H26N2O6. The number of furan rings is 1. The van der Waals surface area contributed by atoms with Crippen LogP contribution in [-0.2, 0) is 6.61 Å². The first-order valence-corrected chi connectivity index (χ1v) is 11.3. The fourth-order valence-electron chi connectivity index (χ4n) is 3.70. The minimum Gasteiger partial charge on any atom is -0.485 e. The lowest BCUT2D eigenvalue weighted by molar-refractivity contribution is -0.384. The van der Waals surface area contributed by atoms with Crippen molar-refractivity contribution in [2.45, 2.75) is 34.3 Å². The minimum absolute atomic E-state index is 0.0543. The minimum atomic E-state index is -0.550. The largest absolute Gasteiger partial charge is 0.485 e. The predicted octanol–water partition coefficient (Wildman–Crippen LogP) is 7.05. The first-order valence-electron chi connectivity index (χ1n) is 11.3. The number of nitrogens with zero attached hydrogens (tertiary/aromatic N) is 1. The number of benzene rings is 3. The Kier molecular flexibility index (Phi) is 7.05. The molecule has 8 heteroatoms. The Bertz CT molecular complexity index is 1420. The maximum atomic E-state index is 12.8. The molecule has 1 N–H and O–H groups in total. The molecule has 0 aliphatic carbocycles. The second-order valence-electron chi connectivity index (χ2n) is 8.57. The highest BCUT2D eigenvalue weighted by Crippen LogP contribution is 2.32. The van der Waals surface area contributed by atoms with Crippen LogP contribution < -0.4 is 14.8 Å². The number of amides is 1. The van der Waals surface area contributed by atoms with E-state index in [0.717, 1.165) is 28.0 Å². The van der Waals surface area contributed by atoms with Crippen LogP contribution >= 0.6 is 0 Å². The van der Waals surface area contributed by atoms with E-state index in [0.29, 0.717) is 11.5 Å². The van der Waals surface area contributed by atoms with Crippen molar-refractivity contribution in [1.29, 1.82) is 0 Å². The molecule has 8 nitrogen and oxygen atoms in total. The van der Waals surface area contributed by atoms with E-state index < -0.39 is 10.8 Å². The third-order valence-corrected chi connectivity index (χ3v) is 5.58. The number of ether oxygens (including phenoxy) is 2. The Morgan fingerprint density at radius 2 is 1.69 bits per heavy atom. The first kappa shape index (κ1) is 24.5. The summed E-state index contributed by atoms with van der Waals surface area (Å²) < 4.78 is 17.4. The number of nitro benzene ring substituents is 1. The average Bonchev–Trinajstić information content (AvgIpc) is 3.30. The summed E-state index contributed by atoms with van der Waals surface area (Å²) in [5.41, 5.74) is 3.87. The zero-order valence-electron chi connectivity index (χ0n) is 20.5. The summed E-state index contributed by atoms with van der Waals surface area (Å²) in [5, 5.41) is 14.1. The maximum absolute atomic E-state index is 12.8. The lowest BCUT2D eigenvalue weighted by Gasteiger charge is -2.11. The molecule has 1 heterocycles. The van der Waals surface area contributed by atoms with Gasteiger partial charge in [0.15, 0.2) is 5.76 Å². The molecule has 0 saturated carbocycles. The fourth-order valence-corrected chi connectivity index (χ4v) is 3.70. The molecule has 0 radical (unpaired) electrons. The second kappa shape index (κ2) is 10.4. The number of hydrogen-bond donors (Lipinski definition) is 1. The van der Waals surface area contributed by atoms with Gasteiger partial charge in [-0.2, -0.15) is 0 Å². The molecule has 0 unspecified atom stereocenters. The predicted molar refractivity (Wildman–Crippen MR) is 136 cm³/mol. The number of anilines is 1. The van der Waals surface area contributed by atoms with Crippen molar-refractivity contribution in [2.75, 3.05) is 5.32 Å². The number of hydrogen-bond acceptors (Lipinski definition) is 6. The number of para-hydroxylation sites is 1. The van der Waals surface area contributed by atoms with Crippen molar-refractivity contribution in [1.82, 2.24) is 0 Å². The molecule has 1 aromatic heterocycles. The molecule has 0 atom stereocenters. The Balaban J connectivity index is 1.49. The molecule has 1 amide bonds. The third kappa shape index (κ3) is 5.72. The summed E-state index contributed by atoms with van der Waals surface area (Å²) in [4.78, 5) is 23.7. The van der Waals surface area contributed by atoms with Crippen molar-refractivity contribution >= 4 is 17.3 Å². The van der Waals surface area contributed by atoms with Gasteiger partial charge in [0.2, 0.25) is 0 Å². The van der Waals surface area contributed by atoms with E-state index in [4.69, 9.17) is 13.9 Å². The van der Waals surface area contributed by atoms with Crippen LogP contribution in [0.1, 0.15) is 38.6 Å². The summed E-state index contributed by atoms with van der Waals surface area (Å²) in [5.74, 6) is 1.56. The van der Waals surface area contributed by atoms with Gasteiger partial charge in [-0.05, 0) is 68.1 Å². The van der Waals surface area contributed by atoms with Gasteiger partial charge in [0.25, 0.3) is 11.6 Å². The van der Waals surface area contributed by atoms with Gasteiger partial charge >= 0.3 is 0 Å². The van der Waals surface area contributed by atoms with Crippen molar-refractivity contribution in [3.8, 4) is 17.2 Å². The van der Waals surface area contributed by atoms with Crippen LogP contribution in [0.2, 0.25) is 0 Å². The quantitative estimate of drug-likeness (QED) is 0.211. The lowest BCUT2D eigenvalue weighted by Crippen LogP contribution is -2.11. The van der Waals surface area contributed by atoms with Gasteiger partial charge in [0.1, 0.15) is 29.6 Å². The smallest absolute Gasteiger partial charge is 0.291 e. The van der Waals surface area contributed by atoms with Gasteiger partial charge < -0.3 is 19.2 Å². The monoisotopic (exact) mass is 486 g/mol. The third-order valence-electron chi connectivity index (χ3n) is 5.58. The van der Waals surface area contributed by atoms with E-state index in [1.807, 2.05) is 64.1 Å². The van der Waals surface area contributed by atoms with Crippen molar-refractivity contribution in [2.24, 2.45) is 0 Å². The van der Waals surface area contributed by atoms with Crippen LogP contribution in [0, 0.1) is 37.8 Å². The zero-order chi connectivity index (χ0) is 25.8. The Morgan fingerprint density at radius 3 is 2.42 bits per heavy atom. The maximum Gasteiger partial charge on any atom is 0.291 e. The standard InChI is InChI=1S/C28H26N2O6/c1-17-8-9-18(2)26(12-17)36-24-14-21(13-22(15-24)30(32)33)29-28(31)25-11-10-23(35-25)16-34-27-19(3)6-5-7-20(27)4/h5-15H,16H2,1-4H3,(H,29,31). The molecule has 36 heavy (non-hydrogen) atoms. The number of nitro groups is 1. The SMILES string of the molecule is Cc1ccc(C)c(Oc2cc(NC(=O)c3ccc(COc4c(C)cccc4C)o3)cc([N+](=O)[O-])c2)c1. The summed E-state index contributed by atoms with van der Waals surface area (Å²) in [6.45, 7) is 7.88. The normalized spacial score (nSPS) is 10.7. The molecule has 184 valence electrons. The summed E-state index contributed by atoms with van der Waals surface area (Å²) >= 11 is 0. The van der Waals surface area contributed by atoms with E-state index in [9.17, 15) is 14.9 Å². The molecule has 0 saturated heterocycles. The summed E-state index contributed by atoms with van der Waals surface area (Å²) in [6.07, 6.45) is 0. The van der Waals surface area contributed by atoms with Gasteiger partial charge in [-0.25, -0.2) is 0 Å². The van der Waals surface area contributed by atoms with E-state index >= 15 is 0 Å². The molecule has 4 aromatic rings. The van der Waals surface area contributed by atoms with Gasteiger partial charge in [-0.3, -0.25) is 14.9 Å². The van der Waals surface area contributed by atoms with E-state index in [2.05, 4.69) is 5.32 Å². The number of rotatable bonds is 8. The molecule has 4 rings (SSSR count). The molecular weight excluding hydrogens is 460 g/mol. The molecule has 0 bridgehead atoms. The summed E-state index contributed by atoms with van der Waals surface area (Å²) in [7, 11) is 0. The molecule has 0 aliphatic heterocycles. The van der Waals surface area contributed by atoms with E-state index in [1.165, 1.54) is 24.3 Å². The topological polar surface area (TPSA) is 104 Å². The molecule has 3 aromatic carbocycles. The van der Waals surface area contributed by atoms with Gasteiger partial charge in [0.05, 0.1) is 16.7 Å². The number of nitrogens with one attached hydrogen (secondary N) is 1. The highest BCUT2D eigenvalue weighted by molar-refractivity contribution is 6.02. The van der Waals surface area contributed by atoms with Gasteiger partial charge in [-0.1, -0.05) is 30.3 Å². The van der Waals surface area contributed by atoms with Crippen LogP contribution in [0.3, 0.4) is 0 Å².